The molecule has 1 aromatic rings. The second-order valence-electron chi connectivity index (χ2n) is 5.45. The molecule has 112 valence electrons. The largest absolute Gasteiger partial charge is 0.433 e. The summed E-state index contributed by atoms with van der Waals surface area (Å²) in [5.41, 5.74) is -0.917. The molecule has 4 nitrogen and oxygen atoms in total. The number of rotatable bonds is 4. The average molecular weight is 288 g/mol. The van der Waals surface area contributed by atoms with Crippen molar-refractivity contribution in [3.63, 3.8) is 0 Å². The molecule has 0 amide bonds. The molecule has 1 saturated carbocycles. The van der Waals surface area contributed by atoms with E-state index in [4.69, 9.17) is 0 Å². The van der Waals surface area contributed by atoms with Crippen LogP contribution in [0.3, 0.4) is 0 Å². The second-order valence-corrected chi connectivity index (χ2v) is 5.45. The van der Waals surface area contributed by atoms with Gasteiger partial charge in [0.15, 0.2) is 5.69 Å². The minimum atomic E-state index is -4.47. The highest BCUT2D eigenvalue weighted by Crippen LogP contribution is 2.32. The summed E-state index contributed by atoms with van der Waals surface area (Å²) in [6.45, 7) is 1.96. The predicted molar refractivity (Wildman–Crippen MR) is 71.8 cm³/mol. The van der Waals surface area contributed by atoms with Gasteiger partial charge in [-0.25, -0.2) is 4.98 Å². The Morgan fingerprint density at radius 3 is 2.40 bits per heavy atom. The molecule has 1 atom stereocenters. The molecular weight excluding hydrogens is 269 g/mol. The van der Waals surface area contributed by atoms with Gasteiger partial charge < -0.3 is 10.2 Å². The van der Waals surface area contributed by atoms with Gasteiger partial charge in [-0.3, -0.25) is 0 Å². The second kappa shape index (κ2) is 5.46. The Labute approximate surface area is 116 Å². The molecule has 0 aliphatic heterocycles. The molecule has 1 aliphatic carbocycles. The van der Waals surface area contributed by atoms with Crippen molar-refractivity contribution in [1.29, 1.82) is 0 Å². The number of hydrogen-bond acceptors (Lipinski definition) is 4. The van der Waals surface area contributed by atoms with Crippen LogP contribution >= 0.6 is 0 Å². The van der Waals surface area contributed by atoms with Gasteiger partial charge in [0.05, 0.1) is 0 Å². The molecule has 1 aromatic heterocycles. The van der Waals surface area contributed by atoms with Crippen LogP contribution in [0.1, 0.15) is 31.9 Å². The SMILES string of the molecule is CC(Nc1nc(N(C)C)cc(C(F)(F)F)n1)C1CCC1. The lowest BCUT2D eigenvalue weighted by atomic mass is 9.80. The van der Waals surface area contributed by atoms with Gasteiger partial charge in [-0.1, -0.05) is 6.42 Å². The lowest BCUT2D eigenvalue weighted by molar-refractivity contribution is -0.141. The van der Waals surface area contributed by atoms with E-state index in [-0.39, 0.29) is 17.8 Å². The first-order valence-electron chi connectivity index (χ1n) is 6.67. The number of hydrogen-bond donors (Lipinski definition) is 1. The van der Waals surface area contributed by atoms with Crippen molar-refractivity contribution in [2.45, 2.75) is 38.4 Å². The minimum absolute atomic E-state index is 0.0444. The smallest absolute Gasteiger partial charge is 0.363 e. The fraction of sp³-hybridized carbons (Fsp3) is 0.692. The van der Waals surface area contributed by atoms with Gasteiger partial charge in [-0.2, -0.15) is 18.2 Å². The molecular formula is C13H19F3N4. The third-order valence-electron chi connectivity index (χ3n) is 3.67. The van der Waals surface area contributed by atoms with Crippen molar-refractivity contribution in [2.24, 2.45) is 5.92 Å². The van der Waals surface area contributed by atoms with Crippen molar-refractivity contribution in [3.05, 3.63) is 11.8 Å². The quantitative estimate of drug-likeness (QED) is 0.924. The van der Waals surface area contributed by atoms with Gasteiger partial charge in [0, 0.05) is 26.2 Å². The Morgan fingerprint density at radius 2 is 1.95 bits per heavy atom. The van der Waals surface area contributed by atoms with Crippen LogP contribution in [0.5, 0.6) is 0 Å². The highest BCUT2D eigenvalue weighted by Gasteiger charge is 2.34. The average Bonchev–Trinajstić information content (AvgIpc) is 2.24. The zero-order valence-corrected chi connectivity index (χ0v) is 11.8. The molecule has 1 heterocycles. The molecule has 1 fully saturated rings. The zero-order chi connectivity index (χ0) is 14.9. The van der Waals surface area contributed by atoms with E-state index < -0.39 is 11.9 Å². The zero-order valence-electron chi connectivity index (χ0n) is 11.8. The third kappa shape index (κ3) is 3.32. The van der Waals surface area contributed by atoms with Crippen molar-refractivity contribution in [1.82, 2.24) is 9.97 Å². The summed E-state index contributed by atoms with van der Waals surface area (Å²) < 4.78 is 38.5. The van der Waals surface area contributed by atoms with Crippen LogP contribution in [-0.2, 0) is 6.18 Å². The van der Waals surface area contributed by atoms with E-state index >= 15 is 0 Å². The molecule has 7 heteroatoms. The van der Waals surface area contributed by atoms with Crippen molar-refractivity contribution < 1.29 is 13.2 Å². The van der Waals surface area contributed by atoms with Gasteiger partial charge in [-0.05, 0) is 25.7 Å². The summed E-state index contributed by atoms with van der Waals surface area (Å²) in [4.78, 5) is 9.26. The summed E-state index contributed by atoms with van der Waals surface area (Å²) >= 11 is 0. The Hall–Kier alpha value is -1.53. The summed E-state index contributed by atoms with van der Waals surface area (Å²) in [7, 11) is 3.31. The molecule has 1 aliphatic rings. The highest BCUT2D eigenvalue weighted by atomic mass is 19.4. The van der Waals surface area contributed by atoms with Crippen molar-refractivity contribution in [3.8, 4) is 0 Å². The molecule has 2 rings (SSSR count). The Morgan fingerprint density at radius 1 is 1.30 bits per heavy atom. The van der Waals surface area contributed by atoms with Crippen molar-refractivity contribution >= 4 is 11.8 Å². The van der Waals surface area contributed by atoms with Crippen LogP contribution in [0.2, 0.25) is 0 Å². The molecule has 0 spiro atoms. The normalized spacial score (nSPS) is 17.5. The Kier molecular flexibility index (Phi) is 4.06. The number of halogens is 3. The number of nitrogens with zero attached hydrogens (tertiary/aromatic N) is 3. The van der Waals surface area contributed by atoms with E-state index in [0.717, 1.165) is 18.9 Å². The molecule has 0 saturated heterocycles. The summed E-state index contributed by atoms with van der Waals surface area (Å²) in [6, 6.07) is 1.04. The fourth-order valence-corrected chi connectivity index (χ4v) is 2.13. The number of aromatic nitrogens is 2. The van der Waals surface area contributed by atoms with E-state index in [0.29, 0.717) is 5.92 Å². The van der Waals surface area contributed by atoms with E-state index in [1.165, 1.54) is 11.3 Å². The van der Waals surface area contributed by atoms with Crippen LogP contribution in [0.25, 0.3) is 0 Å². The van der Waals surface area contributed by atoms with Crippen LogP contribution in [-0.4, -0.2) is 30.1 Å². The Bertz CT molecular complexity index is 469. The first-order chi connectivity index (χ1) is 9.27. The van der Waals surface area contributed by atoms with Gasteiger partial charge in [0.1, 0.15) is 5.82 Å². The molecule has 0 radical (unpaired) electrons. The molecule has 20 heavy (non-hydrogen) atoms. The first kappa shape index (κ1) is 14.9. The summed E-state index contributed by atoms with van der Waals surface area (Å²) in [5.74, 6) is 0.787. The van der Waals surface area contributed by atoms with Crippen LogP contribution < -0.4 is 10.2 Å². The van der Waals surface area contributed by atoms with E-state index in [1.54, 1.807) is 14.1 Å². The number of nitrogens with one attached hydrogen (secondary N) is 1. The van der Waals surface area contributed by atoms with Gasteiger partial charge in [0.2, 0.25) is 5.95 Å². The van der Waals surface area contributed by atoms with Gasteiger partial charge >= 0.3 is 6.18 Å². The number of alkyl halides is 3. The predicted octanol–water partition coefficient (Wildman–Crippen LogP) is 3.16. The van der Waals surface area contributed by atoms with Gasteiger partial charge in [-0.15, -0.1) is 0 Å². The van der Waals surface area contributed by atoms with Crippen LogP contribution in [0.4, 0.5) is 24.9 Å². The van der Waals surface area contributed by atoms with E-state index in [1.807, 2.05) is 6.92 Å². The van der Waals surface area contributed by atoms with Crippen LogP contribution in [0, 0.1) is 5.92 Å². The number of anilines is 2. The summed E-state index contributed by atoms with van der Waals surface area (Å²) in [6.07, 6.45) is -1.08. The molecule has 1 N–H and O–H groups in total. The first-order valence-corrected chi connectivity index (χ1v) is 6.67. The monoisotopic (exact) mass is 288 g/mol. The third-order valence-corrected chi connectivity index (χ3v) is 3.67. The summed E-state index contributed by atoms with van der Waals surface area (Å²) in [5, 5.41) is 3.00. The lowest BCUT2D eigenvalue weighted by Gasteiger charge is -2.32. The van der Waals surface area contributed by atoms with Crippen molar-refractivity contribution in [2.75, 3.05) is 24.3 Å². The lowest BCUT2D eigenvalue weighted by Crippen LogP contribution is -2.32. The van der Waals surface area contributed by atoms with E-state index in [2.05, 4.69) is 15.3 Å². The standard InChI is InChI=1S/C13H19F3N4/c1-8(9-5-4-6-9)17-12-18-10(13(14,15)16)7-11(19-12)20(2)3/h7-9H,4-6H2,1-3H3,(H,17,18,19). The molecule has 1 unspecified atom stereocenters. The topological polar surface area (TPSA) is 41.1 Å². The Balaban J connectivity index is 2.24. The van der Waals surface area contributed by atoms with Crippen LogP contribution in [0.15, 0.2) is 6.07 Å². The maximum absolute atomic E-state index is 12.8. The minimum Gasteiger partial charge on any atom is -0.363 e. The maximum atomic E-state index is 12.8. The fourth-order valence-electron chi connectivity index (χ4n) is 2.13. The maximum Gasteiger partial charge on any atom is 0.433 e. The molecule has 0 aromatic carbocycles. The van der Waals surface area contributed by atoms with Gasteiger partial charge in [0.25, 0.3) is 0 Å². The molecule has 0 bridgehead atoms. The highest BCUT2D eigenvalue weighted by molar-refractivity contribution is 5.44. The van der Waals surface area contributed by atoms with E-state index in [9.17, 15) is 13.2 Å².